The number of aromatic nitrogens is 2. The van der Waals surface area contributed by atoms with Crippen molar-refractivity contribution in [2.45, 2.75) is 26.8 Å². The van der Waals surface area contributed by atoms with Gasteiger partial charge in [0.2, 0.25) is 0 Å². The van der Waals surface area contributed by atoms with Crippen LogP contribution >= 0.6 is 11.6 Å². The fourth-order valence-corrected chi connectivity index (χ4v) is 2.51. The second kappa shape index (κ2) is 5.71. The molecule has 1 aromatic heterocycles. The Morgan fingerprint density at radius 3 is 2.39 bits per heavy atom. The summed E-state index contributed by atoms with van der Waals surface area (Å²) in [4.78, 5) is 25.8. The minimum atomic E-state index is -3.23. The third-order valence-electron chi connectivity index (χ3n) is 2.65. The van der Waals surface area contributed by atoms with E-state index in [9.17, 15) is 18.0 Å². The quantitative estimate of drug-likeness (QED) is 0.785. The first-order valence-corrected chi connectivity index (χ1v) is 7.74. The number of hydrogen-bond donors (Lipinski definition) is 1. The van der Waals surface area contributed by atoms with Gasteiger partial charge in [0, 0.05) is 12.3 Å². The molecule has 1 aromatic rings. The molecule has 0 radical (unpaired) electrons. The highest BCUT2D eigenvalue weighted by molar-refractivity contribution is 7.91. The molecule has 6 nitrogen and oxygen atoms in total. The van der Waals surface area contributed by atoms with E-state index in [-0.39, 0.29) is 28.8 Å². The molecule has 0 aliphatic rings. The minimum absolute atomic E-state index is 0.0158. The highest BCUT2D eigenvalue weighted by Crippen LogP contribution is 2.05. The Kier molecular flexibility index (Phi) is 4.75. The minimum Gasteiger partial charge on any atom is -0.297 e. The van der Waals surface area contributed by atoms with Gasteiger partial charge >= 0.3 is 5.69 Å². The standard InChI is InChI=1S/C10H15ClN2O4S/c1-3-7-8(11)12-10(15)13(9(7)14)5-6-18(16,17)4-2/h3-6H2,1-2H3,(H,12,15). The Balaban J connectivity index is 3.19. The summed E-state index contributed by atoms with van der Waals surface area (Å²) in [5.74, 6) is -0.259. The van der Waals surface area contributed by atoms with Gasteiger partial charge in [0.25, 0.3) is 5.56 Å². The zero-order valence-electron chi connectivity index (χ0n) is 10.2. The molecule has 1 heterocycles. The Morgan fingerprint density at radius 1 is 1.28 bits per heavy atom. The SMILES string of the molecule is CCc1c(Cl)[nH]c(=O)n(CCS(=O)(=O)CC)c1=O. The molecule has 1 rings (SSSR count). The molecular weight excluding hydrogens is 280 g/mol. The van der Waals surface area contributed by atoms with Crippen LogP contribution in [-0.4, -0.2) is 29.5 Å². The third kappa shape index (κ3) is 3.23. The van der Waals surface area contributed by atoms with Crippen LogP contribution in [0.5, 0.6) is 0 Å². The first-order chi connectivity index (χ1) is 8.32. The van der Waals surface area contributed by atoms with Crippen molar-refractivity contribution < 1.29 is 8.42 Å². The molecule has 18 heavy (non-hydrogen) atoms. The Hall–Kier alpha value is -1.08. The number of H-pyrrole nitrogens is 1. The van der Waals surface area contributed by atoms with E-state index in [2.05, 4.69) is 4.98 Å². The lowest BCUT2D eigenvalue weighted by Gasteiger charge is -2.07. The maximum Gasteiger partial charge on any atom is 0.329 e. The summed E-state index contributed by atoms with van der Waals surface area (Å²) in [6.45, 7) is 3.09. The van der Waals surface area contributed by atoms with Gasteiger partial charge in [0.1, 0.15) is 5.15 Å². The van der Waals surface area contributed by atoms with Crippen LogP contribution < -0.4 is 11.2 Å². The van der Waals surface area contributed by atoms with Gasteiger partial charge in [-0.2, -0.15) is 0 Å². The predicted octanol–water partition coefficient (Wildman–Crippen LogP) is 0.187. The predicted molar refractivity (Wildman–Crippen MR) is 70.0 cm³/mol. The lowest BCUT2D eigenvalue weighted by atomic mass is 10.2. The number of hydrogen-bond acceptors (Lipinski definition) is 4. The van der Waals surface area contributed by atoms with E-state index in [4.69, 9.17) is 11.6 Å². The van der Waals surface area contributed by atoms with Gasteiger partial charge in [-0.3, -0.25) is 14.3 Å². The molecule has 0 bridgehead atoms. The molecule has 0 unspecified atom stereocenters. The van der Waals surface area contributed by atoms with E-state index in [0.29, 0.717) is 6.42 Å². The van der Waals surface area contributed by atoms with Crippen molar-refractivity contribution >= 4 is 21.4 Å². The van der Waals surface area contributed by atoms with Gasteiger partial charge in [0.05, 0.1) is 11.3 Å². The Labute approximate surface area is 110 Å². The van der Waals surface area contributed by atoms with Gasteiger partial charge < -0.3 is 0 Å². The number of halogens is 1. The van der Waals surface area contributed by atoms with Crippen LogP contribution in [0.4, 0.5) is 0 Å². The molecule has 102 valence electrons. The molecule has 1 N–H and O–H groups in total. The van der Waals surface area contributed by atoms with E-state index in [1.165, 1.54) is 6.92 Å². The molecule has 8 heteroatoms. The first kappa shape index (κ1) is 15.0. The third-order valence-corrected chi connectivity index (χ3v) is 4.66. The summed E-state index contributed by atoms with van der Waals surface area (Å²) in [6.07, 6.45) is 0.370. The lowest BCUT2D eigenvalue weighted by Crippen LogP contribution is -2.39. The molecule has 0 saturated heterocycles. The van der Waals surface area contributed by atoms with Crippen molar-refractivity contribution in [3.05, 3.63) is 31.6 Å². The molecule has 0 saturated carbocycles. The molecule has 0 aliphatic carbocycles. The Bertz CT molecular complexity index is 645. The summed E-state index contributed by atoms with van der Waals surface area (Å²) in [5.41, 5.74) is -0.934. The van der Waals surface area contributed by atoms with Crippen LogP contribution in [0.1, 0.15) is 19.4 Å². The average Bonchev–Trinajstić information content (AvgIpc) is 2.28. The molecule has 0 fully saturated rings. The highest BCUT2D eigenvalue weighted by Gasteiger charge is 2.14. The number of sulfone groups is 1. The van der Waals surface area contributed by atoms with E-state index >= 15 is 0 Å². The monoisotopic (exact) mass is 294 g/mol. The molecule has 0 amide bonds. The molecule has 0 spiro atoms. The number of nitrogens with zero attached hydrogens (tertiary/aromatic N) is 1. The topological polar surface area (TPSA) is 89.0 Å². The van der Waals surface area contributed by atoms with Crippen molar-refractivity contribution in [3.8, 4) is 0 Å². The van der Waals surface area contributed by atoms with Gasteiger partial charge in [-0.05, 0) is 6.42 Å². The fourth-order valence-electron chi connectivity index (χ4n) is 1.47. The number of aromatic amines is 1. The van der Waals surface area contributed by atoms with Crippen LogP contribution in [0.15, 0.2) is 9.59 Å². The second-order valence-corrected chi connectivity index (χ2v) is 6.62. The second-order valence-electron chi connectivity index (χ2n) is 3.77. The molecule has 0 aliphatic heterocycles. The summed E-state index contributed by atoms with van der Waals surface area (Å²) in [7, 11) is -3.23. The summed E-state index contributed by atoms with van der Waals surface area (Å²) >= 11 is 5.74. The van der Waals surface area contributed by atoms with E-state index < -0.39 is 21.1 Å². The first-order valence-electron chi connectivity index (χ1n) is 5.54. The zero-order chi connectivity index (χ0) is 13.9. The van der Waals surface area contributed by atoms with Crippen LogP contribution in [0, 0.1) is 0 Å². The highest BCUT2D eigenvalue weighted by atomic mass is 35.5. The van der Waals surface area contributed by atoms with Crippen LogP contribution in [0.2, 0.25) is 5.15 Å². The van der Waals surface area contributed by atoms with Gasteiger partial charge in [-0.1, -0.05) is 25.4 Å². The van der Waals surface area contributed by atoms with Crippen molar-refractivity contribution in [2.75, 3.05) is 11.5 Å². The number of nitrogens with one attached hydrogen (secondary N) is 1. The van der Waals surface area contributed by atoms with Crippen LogP contribution in [0.25, 0.3) is 0 Å². The maximum absolute atomic E-state index is 11.9. The summed E-state index contributed by atoms with van der Waals surface area (Å²) in [5, 5.41) is 0.0158. The van der Waals surface area contributed by atoms with E-state index in [0.717, 1.165) is 4.57 Å². The van der Waals surface area contributed by atoms with Crippen molar-refractivity contribution in [3.63, 3.8) is 0 Å². The average molecular weight is 295 g/mol. The zero-order valence-corrected chi connectivity index (χ0v) is 11.8. The molecule has 0 atom stereocenters. The van der Waals surface area contributed by atoms with Crippen LogP contribution in [0.3, 0.4) is 0 Å². The lowest BCUT2D eigenvalue weighted by molar-refractivity contribution is 0.583. The molecule has 0 aromatic carbocycles. The summed E-state index contributed by atoms with van der Waals surface area (Å²) < 4.78 is 23.6. The van der Waals surface area contributed by atoms with E-state index in [1.807, 2.05) is 0 Å². The fraction of sp³-hybridized carbons (Fsp3) is 0.600. The van der Waals surface area contributed by atoms with Crippen molar-refractivity contribution in [1.29, 1.82) is 0 Å². The number of rotatable bonds is 5. The maximum atomic E-state index is 11.9. The van der Waals surface area contributed by atoms with Crippen LogP contribution in [-0.2, 0) is 22.8 Å². The van der Waals surface area contributed by atoms with Gasteiger partial charge in [-0.25, -0.2) is 13.2 Å². The largest absolute Gasteiger partial charge is 0.329 e. The summed E-state index contributed by atoms with van der Waals surface area (Å²) in [6, 6.07) is 0. The molecular formula is C10H15ClN2O4S. The smallest absolute Gasteiger partial charge is 0.297 e. The normalized spacial score (nSPS) is 11.7. The van der Waals surface area contributed by atoms with E-state index in [1.54, 1.807) is 6.92 Å². The van der Waals surface area contributed by atoms with Crippen molar-refractivity contribution in [2.24, 2.45) is 0 Å². The van der Waals surface area contributed by atoms with Crippen molar-refractivity contribution in [1.82, 2.24) is 9.55 Å². The van der Waals surface area contributed by atoms with Gasteiger partial charge in [-0.15, -0.1) is 0 Å². The van der Waals surface area contributed by atoms with Gasteiger partial charge in [0.15, 0.2) is 9.84 Å². The Morgan fingerprint density at radius 2 is 1.89 bits per heavy atom.